The molecule has 0 radical (unpaired) electrons. The van der Waals surface area contributed by atoms with Gasteiger partial charge in [-0.15, -0.1) is 11.3 Å². The number of aromatic nitrogens is 3. The summed E-state index contributed by atoms with van der Waals surface area (Å²) in [5, 5.41) is 13.7. The maximum absolute atomic E-state index is 12.9. The van der Waals surface area contributed by atoms with E-state index in [-0.39, 0.29) is 21.6 Å². The van der Waals surface area contributed by atoms with Gasteiger partial charge in [0, 0.05) is 5.39 Å². The van der Waals surface area contributed by atoms with Crippen molar-refractivity contribution in [2.45, 2.75) is 19.1 Å². The van der Waals surface area contributed by atoms with Gasteiger partial charge < -0.3 is 5.11 Å². The Morgan fingerprint density at radius 1 is 1.10 bits per heavy atom. The Balaban J connectivity index is 1.72. The molecule has 0 saturated carbocycles. The highest BCUT2D eigenvalue weighted by Crippen LogP contribution is 2.33. The number of benzene rings is 2. The molecule has 0 aliphatic carbocycles. The molecule has 11 heteroatoms. The summed E-state index contributed by atoms with van der Waals surface area (Å²) in [5.41, 5.74) is -1.32. The van der Waals surface area contributed by atoms with Gasteiger partial charge >= 0.3 is 12.1 Å². The van der Waals surface area contributed by atoms with E-state index < -0.39 is 42.0 Å². The number of thiazole rings is 1. The zero-order valence-electron chi connectivity index (χ0n) is 15.5. The molecule has 158 valence electrons. The second-order valence-corrected chi connectivity index (χ2v) is 7.68. The number of nitrogens with zero attached hydrogens (tertiary/aromatic N) is 3. The van der Waals surface area contributed by atoms with Crippen molar-refractivity contribution in [1.82, 2.24) is 14.8 Å². The zero-order valence-corrected chi connectivity index (χ0v) is 16.3. The summed E-state index contributed by atoms with van der Waals surface area (Å²) in [5.74, 6) is -1.78. The van der Waals surface area contributed by atoms with Crippen molar-refractivity contribution >= 4 is 44.1 Å². The number of halogens is 3. The summed E-state index contributed by atoms with van der Waals surface area (Å²) in [6, 6.07) is 9.31. The van der Waals surface area contributed by atoms with Crippen LogP contribution in [0, 0.1) is 0 Å². The third-order valence-electron chi connectivity index (χ3n) is 4.51. The third kappa shape index (κ3) is 4.04. The van der Waals surface area contributed by atoms with Crippen LogP contribution in [0.5, 0.6) is 0 Å². The smallest absolute Gasteiger partial charge is 0.416 e. The second kappa shape index (κ2) is 7.58. The lowest BCUT2D eigenvalue weighted by molar-refractivity contribution is -0.138. The van der Waals surface area contributed by atoms with E-state index in [9.17, 15) is 27.6 Å². The Bertz CT molecular complexity index is 1410. The molecule has 0 saturated heterocycles. The molecule has 0 spiro atoms. The normalized spacial score (nSPS) is 11.8. The van der Waals surface area contributed by atoms with Crippen molar-refractivity contribution in [3.63, 3.8) is 0 Å². The van der Waals surface area contributed by atoms with E-state index in [2.05, 4.69) is 10.1 Å². The van der Waals surface area contributed by atoms with E-state index in [1.54, 1.807) is 18.2 Å². The van der Waals surface area contributed by atoms with Gasteiger partial charge in [-0.2, -0.15) is 18.3 Å². The predicted molar refractivity (Wildman–Crippen MR) is 106 cm³/mol. The van der Waals surface area contributed by atoms with E-state index in [1.165, 1.54) is 12.1 Å². The fraction of sp³-hybridized carbons (Fsp3) is 0.150. The predicted octanol–water partition coefficient (Wildman–Crippen LogP) is 3.54. The minimum Gasteiger partial charge on any atom is -0.481 e. The summed E-state index contributed by atoms with van der Waals surface area (Å²) in [6.07, 6.45) is -4.98. The molecule has 2 aromatic carbocycles. The number of carbonyl (C=O) groups excluding carboxylic acids is 1. The van der Waals surface area contributed by atoms with Crippen LogP contribution in [0.3, 0.4) is 0 Å². The van der Waals surface area contributed by atoms with Gasteiger partial charge in [-0.25, -0.2) is 9.67 Å². The van der Waals surface area contributed by atoms with Crippen LogP contribution in [0.25, 0.3) is 21.0 Å². The molecule has 4 rings (SSSR count). The molecule has 0 aliphatic rings. The van der Waals surface area contributed by atoms with E-state index in [0.717, 1.165) is 28.2 Å². The molecule has 1 N–H and O–H groups in total. The Morgan fingerprint density at radius 3 is 2.48 bits per heavy atom. The SMILES string of the molecule is O=C(O)Cc1nn(CC(=O)c2nc3cc(C(F)(F)F)ccc3s2)c(=O)c2ccccc12. The van der Waals surface area contributed by atoms with E-state index >= 15 is 0 Å². The average molecular weight is 447 g/mol. The van der Waals surface area contributed by atoms with Gasteiger partial charge in [0.2, 0.25) is 5.78 Å². The van der Waals surface area contributed by atoms with Crippen LogP contribution in [0.2, 0.25) is 0 Å². The van der Waals surface area contributed by atoms with Gasteiger partial charge in [-0.3, -0.25) is 14.4 Å². The molecule has 4 aromatic rings. The number of carbonyl (C=O) groups is 2. The molecule has 7 nitrogen and oxygen atoms in total. The van der Waals surface area contributed by atoms with Crippen LogP contribution in [-0.4, -0.2) is 31.6 Å². The zero-order chi connectivity index (χ0) is 22.3. The molecule has 31 heavy (non-hydrogen) atoms. The lowest BCUT2D eigenvalue weighted by atomic mass is 10.1. The average Bonchev–Trinajstić information content (AvgIpc) is 3.14. The minimum atomic E-state index is -4.54. The van der Waals surface area contributed by atoms with E-state index in [4.69, 9.17) is 5.11 Å². The maximum Gasteiger partial charge on any atom is 0.416 e. The molecule has 2 heterocycles. The molecular formula is C20H12F3N3O4S. The number of fused-ring (bicyclic) bond motifs is 2. The summed E-state index contributed by atoms with van der Waals surface area (Å²) in [7, 11) is 0. The first-order valence-corrected chi connectivity index (χ1v) is 9.66. The topological polar surface area (TPSA) is 102 Å². The summed E-state index contributed by atoms with van der Waals surface area (Å²) >= 11 is 0.903. The van der Waals surface area contributed by atoms with Crippen molar-refractivity contribution in [2.24, 2.45) is 0 Å². The number of hydrogen-bond donors (Lipinski definition) is 1. The van der Waals surface area contributed by atoms with Gasteiger partial charge in [-0.1, -0.05) is 18.2 Å². The quantitative estimate of drug-likeness (QED) is 0.470. The van der Waals surface area contributed by atoms with Crippen molar-refractivity contribution in [3.8, 4) is 0 Å². The van der Waals surface area contributed by atoms with Gasteiger partial charge in [-0.05, 0) is 24.3 Å². The first kappa shape index (κ1) is 20.7. The fourth-order valence-corrected chi connectivity index (χ4v) is 3.99. The van der Waals surface area contributed by atoms with Crippen molar-refractivity contribution in [2.75, 3.05) is 0 Å². The van der Waals surface area contributed by atoms with E-state index in [0.29, 0.717) is 10.1 Å². The van der Waals surface area contributed by atoms with Crippen molar-refractivity contribution in [3.05, 3.63) is 69.1 Å². The largest absolute Gasteiger partial charge is 0.481 e. The molecule has 0 amide bonds. The Hall–Kier alpha value is -3.60. The molecule has 0 fully saturated rings. The Kier molecular flexibility index (Phi) is 5.05. The van der Waals surface area contributed by atoms with Gasteiger partial charge in [0.1, 0.15) is 6.54 Å². The van der Waals surface area contributed by atoms with Crippen LogP contribution >= 0.6 is 11.3 Å². The number of carboxylic acids is 1. The lowest BCUT2D eigenvalue weighted by Gasteiger charge is -2.09. The van der Waals surface area contributed by atoms with Crippen LogP contribution < -0.4 is 5.56 Å². The van der Waals surface area contributed by atoms with Crippen LogP contribution in [0.4, 0.5) is 13.2 Å². The molecule has 0 atom stereocenters. The second-order valence-electron chi connectivity index (χ2n) is 6.65. The number of hydrogen-bond acceptors (Lipinski definition) is 6. The highest BCUT2D eigenvalue weighted by atomic mass is 32.1. The van der Waals surface area contributed by atoms with Gasteiger partial charge in [0.15, 0.2) is 5.01 Å². The maximum atomic E-state index is 12.9. The summed E-state index contributed by atoms with van der Waals surface area (Å²) < 4.78 is 39.9. The molecular weight excluding hydrogens is 435 g/mol. The molecule has 0 bridgehead atoms. The van der Waals surface area contributed by atoms with Gasteiger partial charge in [0.05, 0.1) is 33.3 Å². The number of rotatable bonds is 5. The first-order valence-electron chi connectivity index (χ1n) is 8.85. The number of aliphatic carboxylic acids is 1. The minimum absolute atomic E-state index is 0.0218. The van der Waals surface area contributed by atoms with Crippen LogP contribution in [0.1, 0.15) is 21.1 Å². The van der Waals surface area contributed by atoms with Gasteiger partial charge in [0.25, 0.3) is 5.56 Å². The van der Waals surface area contributed by atoms with Crippen LogP contribution in [-0.2, 0) is 23.9 Å². The highest BCUT2D eigenvalue weighted by molar-refractivity contribution is 7.20. The van der Waals surface area contributed by atoms with E-state index in [1.807, 2.05) is 0 Å². The lowest BCUT2D eigenvalue weighted by Crippen LogP contribution is -2.28. The Labute approximate surface area is 175 Å². The summed E-state index contributed by atoms with van der Waals surface area (Å²) in [6.45, 7) is -0.526. The monoisotopic (exact) mass is 447 g/mol. The number of carboxylic acid groups (broad SMARTS) is 1. The third-order valence-corrected chi connectivity index (χ3v) is 5.59. The standard InChI is InChI=1S/C20H12F3N3O4S/c21-20(22,23)10-5-6-16-14(7-10)24-18(31-16)15(27)9-26-19(30)12-4-2-1-3-11(12)13(25-26)8-17(28)29/h1-7H,8-9H2,(H,28,29). The number of ketones is 1. The number of alkyl halides is 3. The fourth-order valence-electron chi connectivity index (χ4n) is 3.11. The first-order chi connectivity index (χ1) is 14.6. The molecule has 0 unspecified atom stereocenters. The molecule has 2 aromatic heterocycles. The van der Waals surface area contributed by atoms with Crippen molar-refractivity contribution in [1.29, 1.82) is 0 Å². The van der Waals surface area contributed by atoms with Crippen molar-refractivity contribution < 1.29 is 27.9 Å². The number of Topliss-reactive ketones (excluding diaryl/α,β-unsaturated/α-hetero) is 1. The molecule has 0 aliphatic heterocycles. The van der Waals surface area contributed by atoms with Crippen LogP contribution in [0.15, 0.2) is 47.3 Å². The highest BCUT2D eigenvalue weighted by Gasteiger charge is 2.31. The summed E-state index contributed by atoms with van der Waals surface area (Å²) in [4.78, 5) is 40.6. The Morgan fingerprint density at radius 2 is 1.81 bits per heavy atom.